The molecule has 0 N–H and O–H groups in total. The summed E-state index contributed by atoms with van der Waals surface area (Å²) in [5, 5.41) is 4.01. The van der Waals surface area contributed by atoms with Crippen LogP contribution in [0.3, 0.4) is 0 Å². The van der Waals surface area contributed by atoms with E-state index in [1.807, 2.05) is 24.4 Å². The van der Waals surface area contributed by atoms with Gasteiger partial charge in [0, 0.05) is 44.1 Å². The van der Waals surface area contributed by atoms with Crippen molar-refractivity contribution < 1.29 is 28.9 Å². The Labute approximate surface area is 156 Å². The Hall–Kier alpha value is -2.63. The van der Waals surface area contributed by atoms with Gasteiger partial charge in [0.15, 0.2) is 0 Å². The summed E-state index contributed by atoms with van der Waals surface area (Å²) in [6.07, 6.45) is 6.89. The van der Waals surface area contributed by atoms with Crippen LogP contribution in [0.25, 0.3) is 17.1 Å². The molecule has 4 rings (SSSR count). The van der Waals surface area contributed by atoms with Crippen molar-refractivity contribution in [3.8, 4) is 17.1 Å². The second-order valence-electron chi connectivity index (χ2n) is 4.70. The fourth-order valence-corrected chi connectivity index (χ4v) is 1.98. The Balaban J connectivity index is 0.000000182. The second kappa shape index (κ2) is 9.01. The van der Waals surface area contributed by atoms with Gasteiger partial charge in [-0.25, -0.2) is 0 Å². The number of pyridine rings is 1. The molecular weight excluding hydrogens is 502 g/mol. The third kappa shape index (κ3) is 4.92. The van der Waals surface area contributed by atoms with Crippen LogP contribution in [0.4, 0.5) is 8.78 Å². The van der Waals surface area contributed by atoms with Crippen LogP contribution >= 0.6 is 0 Å². The van der Waals surface area contributed by atoms with Gasteiger partial charge in [-0.1, -0.05) is 48.3 Å². The summed E-state index contributed by atoms with van der Waals surface area (Å²) in [5.41, 5.74) is 0.636. The number of nitrogens with zero attached hydrogens (tertiary/aromatic N) is 4. The van der Waals surface area contributed by atoms with Crippen molar-refractivity contribution in [1.29, 1.82) is 0 Å². The molecule has 0 unspecified atom stereocenters. The molecule has 0 spiro atoms. The van der Waals surface area contributed by atoms with Crippen LogP contribution in [0.2, 0.25) is 0 Å². The van der Waals surface area contributed by atoms with Gasteiger partial charge in [0.25, 0.3) is 0 Å². The topological polar surface area (TPSA) is 44.8 Å². The fraction of sp³-hybridized carbons (Fsp3) is 0. The van der Waals surface area contributed by atoms with Crippen molar-refractivity contribution >= 4 is 0 Å². The zero-order chi connectivity index (χ0) is 16.8. The van der Waals surface area contributed by atoms with Crippen LogP contribution in [-0.2, 0) is 20.1 Å². The molecule has 1 aromatic carbocycles. The molecule has 4 aromatic rings. The van der Waals surface area contributed by atoms with Crippen LogP contribution in [0.15, 0.2) is 73.3 Å². The van der Waals surface area contributed by atoms with Crippen LogP contribution < -0.4 is 4.98 Å². The Bertz CT molecular complexity index is 847. The smallest absolute Gasteiger partial charge is 0.0408 e. The van der Waals surface area contributed by atoms with Crippen molar-refractivity contribution in [2.24, 2.45) is 0 Å². The van der Waals surface area contributed by atoms with E-state index in [4.69, 9.17) is 0 Å². The molecule has 3 heterocycles. The first-order valence-corrected chi connectivity index (χ1v) is 7.10. The summed E-state index contributed by atoms with van der Waals surface area (Å²) >= 11 is 0. The minimum absolute atomic E-state index is 0. The molecular formula is C18H12F2IrN4-2. The van der Waals surface area contributed by atoms with Gasteiger partial charge in [-0.2, -0.15) is 0 Å². The Morgan fingerprint density at radius 3 is 2.52 bits per heavy atom. The first kappa shape index (κ1) is 18.7. The zero-order valence-corrected chi connectivity index (χ0v) is 15.2. The van der Waals surface area contributed by atoms with E-state index in [9.17, 15) is 8.78 Å². The van der Waals surface area contributed by atoms with Crippen LogP contribution in [-0.4, -0.2) is 14.8 Å². The molecule has 4 nitrogen and oxygen atoms in total. The van der Waals surface area contributed by atoms with E-state index in [-0.39, 0.29) is 25.7 Å². The van der Waals surface area contributed by atoms with Gasteiger partial charge in [0.05, 0.1) is 0 Å². The van der Waals surface area contributed by atoms with Gasteiger partial charge in [0.2, 0.25) is 0 Å². The maximum absolute atomic E-state index is 13.2. The molecule has 25 heavy (non-hydrogen) atoms. The van der Waals surface area contributed by atoms with E-state index >= 15 is 0 Å². The average Bonchev–Trinajstić information content (AvgIpc) is 3.30. The number of halogens is 2. The minimum atomic E-state index is -0.649. The van der Waals surface area contributed by atoms with E-state index in [1.54, 1.807) is 41.5 Å². The Kier molecular flexibility index (Phi) is 6.74. The quantitative estimate of drug-likeness (QED) is 0.384. The SMILES string of the molecule is Fc1c[c-]c(-c2ccccn2)c(F)c1.[Ir].c1c[n-]c(-n2cccn2)c1. The van der Waals surface area contributed by atoms with Gasteiger partial charge >= 0.3 is 0 Å². The number of rotatable bonds is 2. The zero-order valence-electron chi connectivity index (χ0n) is 12.8. The molecule has 0 atom stereocenters. The van der Waals surface area contributed by atoms with E-state index in [0.29, 0.717) is 5.69 Å². The van der Waals surface area contributed by atoms with Crippen molar-refractivity contribution in [1.82, 2.24) is 19.7 Å². The van der Waals surface area contributed by atoms with Gasteiger partial charge < -0.3 is 14.6 Å². The minimum Gasteiger partial charge on any atom is -0.441 e. The van der Waals surface area contributed by atoms with E-state index < -0.39 is 11.6 Å². The normalized spacial score (nSPS) is 9.68. The first-order chi connectivity index (χ1) is 11.7. The van der Waals surface area contributed by atoms with E-state index in [2.05, 4.69) is 21.1 Å². The van der Waals surface area contributed by atoms with Crippen molar-refractivity contribution in [3.05, 3.63) is 91.0 Å². The molecule has 0 fully saturated rings. The number of hydrogen-bond acceptors (Lipinski definition) is 2. The molecule has 0 aliphatic carbocycles. The standard InChI is InChI=1S/C11H6F2N.C7H6N3.Ir/c12-8-4-5-9(10(13)7-8)11-3-1-2-6-14-11;1-3-7(8-4-1)10-6-2-5-9-10;/h1-4,6-7H;1-6H;/q2*-1;. The van der Waals surface area contributed by atoms with Gasteiger partial charge in [0.1, 0.15) is 0 Å². The molecule has 1 radical (unpaired) electrons. The Morgan fingerprint density at radius 2 is 1.92 bits per heavy atom. The largest absolute Gasteiger partial charge is 0.441 e. The molecule has 129 valence electrons. The molecule has 0 saturated carbocycles. The van der Waals surface area contributed by atoms with Crippen LogP contribution in [0, 0.1) is 17.7 Å². The molecule has 0 aliphatic heterocycles. The third-order valence-corrected chi connectivity index (χ3v) is 3.06. The molecule has 0 bridgehead atoms. The summed E-state index contributed by atoms with van der Waals surface area (Å²) in [6.45, 7) is 0. The van der Waals surface area contributed by atoms with Crippen molar-refractivity contribution in [2.45, 2.75) is 0 Å². The Morgan fingerprint density at radius 1 is 1.04 bits per heavy atom. The number of aromatic nitrogens is 4. The molecule has 0 saturated heterocycles. The molecule has 0 amide bonds. The molecule has 7 heteroatoms. The molecule has 0 aliphatic rings. The van der Waals surface area contributed by atoms with Crippen LogP contribution in [0.5, 0.6) is 0 Å². The van der Waals surface area contributed by atoms with Crippen LogP contribution in [0.1, 0.15) is 0 Å². The van der Waals surface area contributed by atoms with Gasteiger partial charge in [-0.15, -0.1) is 12.1 Å². The predicted octanol–water partition coefficient (Wildman–Crippen LogP) is 3.65. The number of hydrogen-bond donors (Lipinski definition) is 0. The summed E-state index contributed by atoms with van der Waals surface area (Å²) < 4.78 is 27.5. The van der Waals surface area contributed by atoms with Crippen molar-refractivity contribution in [3.63, 3.8) is 0 Å². The summed E-state index contributed by atoms with van der Waals surface area (Å²) in [6, 6.07) is 15.2. The second-order valence-corrected chi connectivity index (χ2v) is 4.70. The van der Waals surface area contributed by atoms with Gasteiger partial charge in [-0.05, 0) is 23.6 Å². The maximum atomic E-state index is 13.2. The fourth-order valence-electron chi connectivity index (χ4n) is 1.98. The predicted molar refractivity (Wildman–Crippen MR) is 85.3 cm³/mol. The van der Waals surface area contributed by atoms with Gasteiger partial charge in [-0.3, -0.25) is 13.9 Å². The third-order valence-electron chi connectivity index (χ3n) is 3.06. The summed E-state index contributed by atoms with van der Waals surface area (Å²) in [5.74, 6) is -0.420. The van der Waals surface area contributed by atoms with Crippen molar-refractivity contribution in [2.75, 3.05) is 0 Å². The number of benzene rings is 1. The summed E-state index contributed by atoms with van der Waals surface area (Å²) in [7, 11) is 0. The first-order valence-electron chi connectivity index (χ1n) is 7.10. The van der Waals surface area contributed by atoms with E-state index in [0.717, 1.165) is 18.0 Å². The van der Waals surface area contributed by atoms with E-state index in [1.165, 1.54) is 0 Å². The average molecular weight is 515 g/mol. The monoisotopic (exact) mass is 515 g/mol. The maximum Gasteiger partial charge on any atom is 0.0408 e. The summed E-state index contributed by atoms with van der Waals surface area (Å²) in [4.78, 5) is 8.00. The molecule has 3 aromatic heterocycles.